The van der Waals surface area contributed by atoms with Gasteiger partial charge in [0.05, 0.1) is 0 Å². The lowest BCUT2D eigenvalue weighted by Crippen LogP contribution is -2.04. The molecule has 0 aliphatic carbocycles. The molecule has 3 rings (SSSR count). The first-order valence-corrected chi connectivity index (χ1v) is 7.22. The molecule has 0 fully saturated rings. The van der Waals surface area contributed by atoms with Gasteiger partial charge in [-0.05, 0) is 31.5 Å². The molecule has 3 aromatic rings. The molecule has 3 nitrogen and oxygen atoms in total. The van der Waals surface area contributed by atoms with E-state index in [-0.39, 0.29) is 0 Å². The minimum atomic E-state index is 0.303. The summed E-state index contributed by atoms with van der Waals surface area (Å²) < 4.78 is 2.17. The second-order valence-corrected chi connectivity index (χ2v) is 5.34. The highest BCUT2D eigenvalue weighted by molar-refractivity contribution is 6.17. The smallest absolute Gasteiger partial charge is 0.160 e. The predicted molar refractivity (Wildman–Crippen MR) is 82.9 cm³/mol. The van der Waals surface area contributed by atoms with Crippen molar-refractivity contribution in [3.63, 3.8) is 0 Å². The molecule has 20 heavy (non-hydrogen) atoms. The molecule has 0 aliphatic rings. The fourth-order valence-electron chi connectivity index (χ4n) is 2.37. The zero-order valence-corrected chi connectivity index (χ0v) is 12.3. The monoisotopic (exact) mass is 285 g/mol. The minimum absolute atomic E-state index is 0.303. The Labute approximate surface area is 123 Å². The SMILES string of the molecule is CC(C)n1c(-c2ccc(CCl)cc2)nc2cccnc21. The molecule has 0 aliphatic heterocycles. The molecule has 0 saturated carbocycles. The van der Waals surface area contributed by atoms with Gasteiger partial charge in [0.25, 0.3) is 0 Å². The van der Waals surface area contributed by atoms with Crippen molar-refractivity contribution in [3.8, 4) is 11.4 Å². The van der Waals surface area contributed by atoms with E-state index in [1.54, 1.807) is 0 Å². The first-order valence-electron chi connectivity index (χ1n) is 6.69. The maximum atomic E-state index is 5.84. The third kappa shape index (κ3) is 2.18. The Morgan fingerprint density at radius 1 is 1.15 bits per heavy atom. The second kappa shape index (κ2) is 5.25. The van der Waals surface area contributed by atoms with Crippen molar-refractivity contribution in [2.75, 3.05) is 0 Å². The van der Waals surface area contributed by atoms with E-state index in [2.05, 4.69) is 35.5 Å². The van der Waals surface area contributed by atoms with Crippen LogP contribution in [0.15, 0.2) is 42.6 Å². The Balaban J connectivity index is 2.21. The van der Waals surface area contributed by atoms with E-state index < -0.39 is 0 Å². The molecule has 4 heteroatoms. The fraction of sp³-hybridized carbons (Fsp3) is 0.250. The highest BCUT2D eigenvalue weighted by atomic mass is 35.5. The van der Waals surface area contributed by atoms with Gasteiger partial charge in [-0.1, -0.05) is 24.3 Å². The van der Waals surface area contributed by atoms with Gasteiger partial charge in [0.15, 0.2) is 5.65 Å². The van der Waals surface area contributed by atoms with Crippen LogP contribution in [0.3, 0.4) is 0 Å². The number of imidazole rings is 1. The summed E-state index contributed by atoms with van der Waals surface area (Å²) in [6.07, 6.45) is 1.81. The normalized spacial score (nSPS) is 11.4. The van der Waals surface area contributed by atoms with Gasteiger partial charge in [-0.2, -0.15) is 0 Å². The van der Waals surface area contributed by atoms with Gasteiger partial charge in [-0.15, -0.1) is 11.6 Å². The second-order valence-electron chi connectivity index (χ2n) is 5.08. The highest BCUT2D eigenvalue weighted by Crippen LogP contribution is 2.27. The summed E-state index contributed by atoms with van der Waals surface area (Å²) >= 11 is 5.84. The number of pyridine rings is 1. The number of aromatic nitrogens is 3. The summed E-state index contributed by atoms with van der Waals surface area (Å²) in [6.45, 7) is 4.29. The molecule has 0 bridgehead atoms. The molecule has 0 saturated heterocycles. The lowest BCUT2D eigenvalue weighted by atomic mass is 10.1. The first kappa shape index (κ1) is 13.1. The Hall–Kier alpha value is -1.87. The lowest BCUT2D eigenvalue weighted by molar-refractivity contribution is 0.619. The number of alkyl halides is 1. The van der Waals surface area contributed by atoms with Gasteiger partial charge in [0.1, 0.15) is 11.3 Å². The van der Waals surface area contributed by atoms with Crippen LogP contribution < -0.4 is 0 Å². The topological polar surface area (TPSA) is 30.7 Å². The van der Waals surface area contributed by atoms with Gasteiger partial charge < -0.3 is 4.57 Å². The van der Waals surface area contributed by atoms with Crippen molar-refractivity contribution in [2.24, 2.45) is 0 Å². The third-order valence-electron chi connectivity index (χ3n) is 3.33. The van der Waals surface area contributed by atoms with Crippen molar-refractivity contribution < 1.29 is 0 Å². The Morgan fingerprint density at radius 2 is 1.90 bits per heavy atom. The average Bonchev–Trinajstić information content (AvgIpc) is 2.86. The molecular weight excluding hydrogens is 270 g/mol. The van der Waals surface area contributed by atoms with Crippen molar-refractivity contribution in [1.82, 2.24) is 14.5 Å². The summed E-state index contributed by atoms with van der Waals surface area (Å²) in [5, 5.41) is 0. The molecule has 0 spiro atoms. The minimum Gasteiger partial charge on any atom is -0.306 e. The van der Waals surface area contributed by atoms with E-state index in [0.29, 0.717) is 11.9 Å². The number of fused-ring (bicyclic) bond motifs is 1. The van der Waals surface area contributed by atoms with Gasteiger partial charge in [0, 0.05) is 23.7 Å². The predicted octanol–water partition coefficient (Wildman–Crippen LogP) is 4.42. The lowest BCUT2D eigenvalue weighted by Gasteiger charge is -2.12. The average molecular weight is 286 g/mol. The van der Waals surface area contributed by atoms with Crippen molar-refractivity contribution in [2.45, 2.75) is 25.8 Å². The van der Waals surface area contributed by atoms with Crippen LogP contribution in [0.1, 0.15) is 25.5 Å². The van der Waals surface area contributed by atoms with E-state index in [9.17, 15) is 0 Å². The van der Waals surface area contributed by atoms with Gasteiger partial charge in [-0.25, -0.2) is 9.97 Å². The van der Waals surface area contributed by atoms with Crippen molar-refractivity contribution in [1.29, 1.82) is 0 Å². The van der Waals surface area contributed by atoms with Crippen LogP contribution in [-0.2, 0) is 5.88 Å². The van der Waals surface area contributed by atoms with Gasteiger partial charge in [-0.3, -0.25) is 0 Å². The maximum absolute atomic E-state index is 5.84. The van der Waals surface area contributed by atoms with E-state index in [0.717, 1.165) is 28.1 Å². The number of hydrogen-bond acceptors (Lipinski definition) is 2. The molecule has 102 valence electrons. The number of nitrogens with zero attached hydrogens (tertiary/aromatic N) is 3. The highest BCUT2D eigenvalue weighted by Gasteiger charge is 2.15. The van der Waals surface area contributed by atoms with Gasteiger partial charge >= 0.3 is 0 Å². The Kier molecular flexibility index (Phi) is 3.45. The van der Waals surface area contributed by atoms with Crippen LogP contribution in [0.5, 0.6) is 0 Å². The fourth-order valence-corrected chi connectivity index (χ4v) is 2.54. The Bertz CT molecular complexity index is 729. The van der Waals surface area contributed by atoms with E-state index in [1.807, 2.05) is 30.5 Å². The van der Waals surface area contributed by atoms with Crippen LogP contribution in [0.25, 0.3) is 22.6 Å². The number of halogens is 1. The first-order chi connectivity index (χ1) is 9.70. The molecule has 1 aromatic carbocycles. The standard InChI is InChI=1S/C16H16ClN3/c1-11(2)20-15(13-7-5-12(10-17)6-8-13)19-14-4-3-9-18-16(14)20/h3-9,11H,10H2,1-2H3. The molecule has 0 unspecified atom stereocenters. The van der Waals surface area contributed by atoms with Crippen LogP contribution in [0.2, 0.25) is 0 Å². The van der Waals surface area contributed by atoms with Crippen molar-refractivity contribution >= 4 is 22.8 Å². The molecule has 0 amide bonds. The third-order valence-corrected chi connectivity index (χ3v) is 3.64. The maximum Gasteiger partial charge on any atom is 0.160 e. The number of hydrogen-bond donors (Lipinski definition) is 0. The number of rotatable bonds is 3. The molecule has 0 N–H and O–H groups in total. The quantitative estimate of drug-likeness (QED) is 0.667. The van der Waals surface area contributed by atoms with Crippen LogP contribution >= 0.6 is 11.6 Å². The van der Waals surface area contributed by atoms with E-state index in [4.69, 9.17) is 16.6 Å². The van der Waals surface area contributed by atoms with E-state index in [1.165, 1.54) is 0 Å². The Morgan fingerprint density at radius 3 is 2.55 bits per heavy atom. The molecule has 0 atom stereocenters. The summed E-state index contributed by atoms with van der Waals surface area (Å²) in [5.41, 5.74) is 4.06. The van der Waals surface area contributed by atoms with Gasteiger partial charge in [0.2, 0.25) is 0 Å². The summed E-state index contributed by atoms with van der Waals surface area (Å²) in [4.78, 5) is 9.19. The molecule has 2 aromatic heterocycles. The molecule has 2 heterocycles. The summed E-state index contributed by atoms with van der Waals surface area (Å²) in [5.74, 6) is 1.48. The zero-order chi connectivity index (χ0) is 14.1. The zero-order valence-electron chi connectivity index (χ0n) is 11.5. The molecule has 0 radical (unpaired) electrons. The van der Waals surface area contributed by atoms with Crippen LogP contribution in [-0.4, -0.2) is 14.5 Å². The molecular formula is C16H16ClN3. The van der Waals surface area contributed by atoms with Crippen LogP contribution in [0.4, 0.5) is 0 Å². The largest absolute Gasteiger partial charge is 0.306 e. The van der Waals surface area contributed by atoms with E-state index >= 15 is 0 Å². The summed E-state index contributed by atoms with van der Waals surface area (Å²) in [7, 11) is 0. The summed E-state index contributed by atoms with van der Waals surface area (Å²) in [6, 6.07) is 12.4. The number of benzene rings is 1. The van der Waals surface area contributed by atoms with Crippen LogP contribution in [0, 0.1) is 0 Å². The van der Waals surface area contributed by atoms with Crippen molar-refractivity contribution in [3.05, 3.63) is 48.2 Å².